The molecule has 0 fully saturated rings. The molecule has 0 aliphatic heterocycles. The minimum absolute atomic E-state index is 0.0323. The van der Waals surface area contributed by atoms with E-state index in [9.17, 15) is 9.59 Å². The van der Waals surface area contributed by atoms with E-state index in [1.165, 1.54) is 5.56 Å². The summed E-state index contributed by atoms with van der Waals surface area (Å²) in [6.07, 6.45) is 0.505. The summed E-state index contributed by atoms with van der Waals surface area (Å²) in [5.74, 6) is -0.847. The molecular weight excluding hydrogens is 256 g/mol. The average Bonchev–Trinajstić information content (AvgIpc) is 2.42. The smallest absolute Gasteiger partial charge is 0.317 e. The highest BCUT2D eigenvalue weighted by Gasteiger charge is 2.16. The molecule has 1 rings (SSSR count). The number of benzene rings is 1. The van der Waals surface area contributed by atoms with Crippen LogP contribution in [0.25, 0.3) is 0 Å². The van der Waals surface area contributed by atoms with Gasteiger partial charge < -0.3 is 15.3 Å². The third kappa shape index (κ3) is 4.91. The van der Waals surface area contributed by atoms with Gasteiger partial charge in [-0.1, -0.05) is 29.8 Å². The van der Waals surface area contributed by atoms with Crippen molar-refractivity contribution in [2.24, 2.45) is 0 Å². The fourth-order valence-corrected chi connectivity index (χ4v) is 1.80. The summed E-state index contributed by atoms with van der Waals surface area (Å²) in [6.45, 7) is 4.35. The molecule has 1 unspecified atom stereocenters. The molecular formula is C15H22N2O3. The predicted molar refractivity (Wildman–Crippen MR) is 77.6 cm³/mol. The Hall–Kier alpha value is -2.04. The largest absolute Gasteiger partial charge is 0.481 e. The van der Waals surface area contributed by atoms with Crippen molar-refractivity contribution in [2.75, 3.05) is 13.6 Å². The number of carboxylic acid groups (broad SMARTS) is 1. The molecule has 2 N–H and O–H groups in total. The van der Waals surface area contributed by atoms with Gasteiger partial charge in [0.2, 0.25) is 0 Å². The topological polar surface area (TPSA) is 69.6 Å². The van der Waals surface area contributed by atoms with Gasteiger partial charge >= 0.3 is 12.0 Å². The zero-order chi connectivity index (χ0) is 15.1. The minimum atomic E-state index is -0.847. The first kappa shape index (κ1) is 16.0. The van der Waals surface area contributed by atoms with Crippen LogP contribution in [-0.2, 0) is 4.79 Å². The van der Waals surface area contributed by atoms with Crippen LogP contribution in [0, 0.1) is 6.92 Å². The van der Waals surface area contributed by atoms with Gasteiger partial charge in [-0.25, -0.2) is 4.79 Å². The Labute approximate surface area is 119 Å². The van der Waals surface area contributed by atoms with Gasteiger partial charge in [-0.05, 0) is 25.8 Å². The Bertz CT molecular complexity index is 457. The normalized spacial score (nSPS) is 11.8. The molecule has 0 aromatic heterocycles. The lowest BCUT2D eigenvalue weighted by atomic mass is 10.1. The lowest BCUT2D eigenvalue weighted by molar-refractivity contribution is -0.137. The van der Waals surface area contributed by atoms with E-state index in [2.05, 4.69) is 5.32 Å². The molecule has 0 heterocycles. The minimum Gasteiger partial charge on any atom is -0.481 e. The summed E-state index contributed by atoms with van der Waals surface area (Å²) < 4.78 is 0. The third-order valence-electron chi connectivity index (χ3n) is 3.30. The number of carbonyl (C=O) groups is 2. The molecule has 20 heavy (non-hydrogen) atoms. The molecule has 0 saturated carbocycles. The van der Waals surface area contributed by atoms with Crippen LogP contribution in [0.2, 0.25) is 0 Å². The number of aliphatic carboxylic acids is 1. The number of carboxylic acids is 1. The second-order valence-corrected chi connectivity index (χ2v) is 4.93. The number of amides is 2. The SMILES string of the molecule is Cc1ccc(C(C)N(C)C(=O)NCCCC(=O)O)cc1. The fraction of sp³-hybridized carbons (Fsp3) is 0.467. The van der Waals surface area contributed by atoms with Crippen LogP contribution >= 0.6 is 0 Å². The predicted octanol–water partition coefficient (Wildman–Crippen LogP) is 2.56. The van der Waals surface area contributed by atoms with Gasteiger partial charge in [0.25, 0.3) is 0 Å². The maximum Gasteiger partial charge on any atom is 0.317 e. The first-order valence-corrected chi connectivity index (χ1v) is 6.71. The summed E-state index contributed by atoms with van der Waals surface area (Å²) in [4.78, 5) is 23.9. The summed E-state index contributed by atoms with van der Waals surface area (Å²) in [6, 6.07) is 7.83. The number of nitrogens with one attached hydrogen (secondary N) is 1. The quantitative estimate of drug-likeness (QED) is 0.786. The van der Waals surface area contributed by atoms with Gasteiger partial charge in [0.15, 0.2) is 0 Å². The van der Waals surface area contributed by atoms with Crippen molar-refractivity contribution in [3.63, 3.8) is 0 Å². The third-order valence-corrected chi connectivity index (χ3v) is 3.30. The van der Waals surface area contributed by atoms with Crippen molar-refractivity contribution in [1.82, 2.24) is 10.2 Å². The van der Waals surface area contributed by atoms with E-state index in [0.29, 0.717) is 13.0 Å². The van der Waals surface area contributed by atoms with Crippen molar-refractivity contribution in [2.45, 2.75) is 32.7 Å². The highest BCUT2D eigenvalue weighted by molar-refractivity contribution is 5.74. The van der Waals surface area contributed by atoms with E-state index >= 15 is 0 Å². The molecule has 110 valence electrons. The molecule has 0 spiro atoms. The van der Waals surface area contributed by atoms with Crippen molar-refractivity contribution in [3.8, 4) is 0 Å². The molecule has 1 aromatic carbocycles. The summed E-state index contributed by atoms with van der Waals surface area (Å²) in [5, 5.41) is 11.2. The maximum atomic E-state index is 11.9. The van der Waals surface area contributed by atoms with Gasteiger partial charge in [0.1, 0.15) is 0 Å². The van der Waals surface area contributed by atoms with Crippen LogP contribution in [0.5, 0.6) is 0 Å². The lowest BCUT2D eigenvalue weighted by Crippen LogP contribution is -2.39. The summed E-state index contributed by atoms with van der Waals surface area (Å²) in [7, 11) is 1.73. The molecule has 0 aliphatic carbocycles. The Morgan fingerprint density at radius 2 is 1.90 bits per heavy atom. The standard InChI is InChI=1S/C15H22N2O3/c1-11-6-8-13(9-7-11)12(2)17(3)15(20)16-10-4-5-14(18)19/h6-9,12H,4-5,10H2,1-3H3,(H,16,20)(H,18,19). The zero-order valence-corrected chi connectivity index (χ0v) is 12.2. The van der Waals surface area contributed by atoms with Gasteiger partial charge in [0, 0.05) is 20.0 Å². The molecule has 5 nitrogen and oxygen atoms in total. The van der Waals surface area contributed by atoms with E-state index in [1.807, 2.05) is 38.1 Å². The van der Waals surface area contributed by atoms with Crippen LogP contribution in [0.4, 0.5) is 4.79 Å². The fourth-order valence-electron chi connectivity index (χ4n) is 1.80. The number of hydrogen-bond donors (Lipinski definition) is 2. The Kier molecular flexibility index (Phi) is 6.03. The molecule has 1 aromatic rings. The monoisotopic (exact) mass is 278 g/mol. The van der Waals surface area contributed by atoms with Crippen molar-refractivity contribution in [3.05, 3.63) is 35.4 Å². The number of urea groups is 1. The van der Waals surface area contributed by atoms with Crippen molar-refractivity contribution >= 4 is 12.0 Å². The molecule has 0 bridgehead atoms. The van der Waals surface area contributed by atoms with Crippen molar-refractivity contribution < 1.29 is 14.7 Å². The number of nitrogens with zero attached hydrogens (tertiary/aromatic N) is 1. The second kappa shape index (κ2) is 7.53. The highest BCUT2D eigenvalue weighted by Crippen LogP contribution is 2.18. The Morgan fingerprint density at radius 1 is 1.30 bits per heavy atom. The number of hydrogen-bond acceptors (Lipinski definition) is 2. The van der Waals surface area contributed by atoms with Crippen LogP contribution in [0.3, 0.4) is 0 Å². The Morgan fingerprint density at radius 3 is 2.45 bits per heavy atom. The number of aryl methyl sites for hydroxylation is 1. The second-order valence-electron chi connectivity index (χ2n) is 4.93. The molecule has 0 radical (unpaired) electrons. The van der Waals surface area contributed by atoms with Gasteiger partial charge in [-0.15, -0.1) is 0 Å². The summed E-state index contributed by atoms with van der Waals surface area (Å²) in [5.41, 5.74) is 2.25. The van der Waals surface area contributed by atoms with Gasteiger partial charge in [-0.2, -0.15) is 0 Å². The zero-order valence-electron chi connectivity index (χ0n) is 12.2. The van der Waals surface area contributed by atoms with E-state index in [-0.39, 0.29) is 18.5 Å². The van der Waals surface area contributed by atoms with Crippen LogP contribution in [0.15, 0.2) is 24.3 Å². The molecule has 0 aliphatic rings. The summed E-state index contributed by atoms with van der Waals surface area (Å²) >= 11 is 0. The molecule has 1 atom stereocenters. The first-order chi connectivity index (χ1) is 9.41. The number of rotatable bonds is 6. The molecule has 5 heteroatoms. The first-order valence-electron chi connectivity index (χ1n) is 6.71. The average molecular weight is 278 g/mol. The molecule has 2 amide bonds. The van der Waals surface area contributed by atoms with Crippen LogP contribution < -0.4 is 5.32 Å². The lowest BCUT2D eigenvalue weighted by Gasteiger charge is -2.25. The van der Waals surface area contributed by atoms with E-state index < -0.39 is 5.97 Å². The van der Waals surface area contributed by atoms with Gasteiger partial charge in [0.05, 0.1) is 6.04 Å². The maximum absolute atomic E-state index is 11.9. The van der Waals surface area contributed by atoms with Crippen molar-refractivity contribution in [1.29, 1.82) is 0 Å². The van der Waals surface area contributed by atoms with Gasteiger partial charge in [-0.3, -0.25) is 4.79 Å². The highest BCUT2D eigenvalue weighted by atomic mass is 16.4. The van der Waals surface area contributed by atoms with E-state index in [1.54, 1.807) is 11.9 Å². The van der Waals surface area contributed by atoms with Crippen LogP contribution in [-0.4, -0.2) is 35.6 Å². The van der Waals surface area contributed by atoms with E-state index in [4.69, 9.17) is 5.11 Å². The van der Waals surface area contributed by atoms with E-state index in [0.717, 1.165) is 5.56 Å². The molecule has 0 saturated heterocycles. The number of carbonyl (C=O) groups excluding carboxylic acids is 1. The van der Waals surface area contributed by atoms with Crippen LogP contribution in [0.1, 0.15) is 36.9 Å². The Balaban J connectivity index is 2.47.